The molecule has 3 nitrogen and oxygen atoms in total. The fourth-order valence-corrected chi connectivity index (χ4v) is 8.98. The third-order valence-corrected chi connectivity index (χ3v) is 11.7. The number of rotatable bonds is 5. The Kier molecular flexibility index (Phi) is 6.93. The van der Waals surface area contributed by atoms with Crippen LogP contribution in [0.25, 0.3) is 82.1 Å². The molecule has 57 heavy (non-hydrogen) atoms. The minimum Gasteiger partial charge on any atom is -0.453 e. The Hall–Kier alpha value is -7.62. The number of nitrogens with zero attached hydrogens (tertiary/aromatic N) is 2. The largest absolute Gasteiger partial charge is 0.453 e. The van der Waals surface area contributed by atoms with Crippen molar-refractivity contribution in [2.24, 2.45) is 0 Å². The lowest BCUT2D eigenvalue weighted by atomic mass is 9.97. The predicted octanol–water partition coefficient (Wildman–Crippen LogP) is 15.2. The van der Waals surface area contributed by atoms with Crippen LogP contribution < -0.4 is 9.64 Å². The first-order valence-corrected chi connectivity index (χ1v) is 19.5. The lowest BCUT2D eigenvalue weighted by molar-refractivity contribution is 0.476. The van der Waals surface area contributed by atoms with E-state index in [1.165, 1.54) is 65.3 Å². The number of ether oxygens (including phenoxy) is 1. The Bertz CT molecular complexity index is 3390. The van der Waals surface area contributed by atoms with Gasteiger partial charge in [-0.2, -0.15) is 0 Å². The molecule has 0 radical (unpaired) electrons. The summed E-state index contributed by atoms with van der Waals surface area (Å²) in [7, 11) is 0. The zero-order valence-corrected chi connectivity index (χ0v) is 30.9. The summed E-state index contributed by atoms with van der Waals surface area (Å²) in [5, 5.41) is 9.91. The normalized spacial score (nSPS) is 12.0. The second-order valence-electron chi connectivity index (χ2n) is 15.0. The third-order valence-electron chi connectivity index (χ3n) is 11.7. The van der Waals surface area contributed by atoms with Gasteiger partial charge in [-0.1, -0.05) is 133 Å². The average molecular weight is 727 g/mol. The highest BCUT2D eigenvalue weighted by atomic mass is 16.5. The zero-order valence-electron chi connectivity index (χ0n) is 30.9. The van der Waals surface area contributed by atoms with Crippen LogP contribution in [0.15, 0.2) is 206 Å². The Labute approximate surface area is 329 Å². The van der Waals surface area contributed by atoms with Crippen LogP contribution in [0.5, 0.6) is 11.5 Å². The molecule has 2 heterocycles. The van der Waals surface area contributed by atoms with Gasteiger partial charge in [0.05, 0.1) is 16.7 Å². The van der Waals surface area contributed by atoms with E-state index in [4.69, 9.17) is 4.74 Å². The van der Waals surface area contributed by atoms with Crippen LogP contribution in [0.3, 0.4) is 0 Å². The van der Waals surface area contributed by atoms with E-state index in [1.54, 1.807) is 0 Å². The van der Waals surface area contributed by atoms with E-state index < -0.39 is 0 Å². The fourth-order valence-electron chi connectivity index (χ4n) is 8.98. The SMILES string of the molecule is c1cc(-c2ccc3c(c2)c2cccc4c2n3-c2ccccc2O4)cc(N(c2ccc(-c3ccc4c(ccc5ccccc54)c3)cc2)c2ccc3ccccc3c2)c1. The van der Waals surface area contributed by atoms with E-state index in [2.05, 4.69) is 204 Å². The van der Waals surface area contributed by atoms with Gasteiger partial charge >= 0.3 is 0 Å². The maximum absolute atomic E-state index is 6.38. The number of para-hydroxylation sites is 3. The Balaban J connectivity index is 0.966. The van der Waals surface area contributed by atoms with Gasteiger partial charge in [0.2, 0.25) is 0 Å². The van der Waals surface area contributed by atoms with Crippen LogP contribution in [0, 0.1) is 0 Å². The Morgan fingerprint density at radius 3 is 1.89 bits per heavy atom. The van der Waals surface area contributed by atoms with Gasteiger partial charge in [0.25, 0.3) is 0 Å². The summed E-state index contributed by atoms with van der Waals surface area (Å²) in [5.41, 5.74) is 11.4. The quantitative estimate of drug-likeness (QED) is 0.164. The van der Waals surface area contributed by atoms with E-state index in [0.29, 0.717) is 0 Å². The van der Waals surface area contributed by atoms with Gasteiger partial charge in [-0.15, -0.1) is 0 Å². The molecule has 10 aromatic carbocycles. The van der Waals surface area contributed by atoms with Gasteiger partial charge in [0, 0.05) is 27.8 Å². The van der Waals surface area contributed by atoms with Crippen molar-refractivity contribution >= 4 is 71.2 Å². The smallest absolute Gasteiger partial charge is 0.152 e. The molecule has 0 saturated carbocycles. The molecule has 266 valence electrons. The second kappa shape index (κ2) is 12.5. The summed E-state index contributed by atoms with van der Waals surface area (Å²) in [4.78, 5) is 2.37. The number of hydrogen-bond donors (Lipinski definition) is 0. The Morgan fingerprint density at radius 1 is 0.333 bits per heavy atom. The van der Waals surface area contributed by atoms with Crippen LogP contribution in [0.4, 0.5) is 17.1 Å². The summed E-state index contributed by atoms with van der Waals surface area (Å²) >= 11 is 0. The Morgan fingerprint density at radius 2 is 0.965 bits per heavy atom. The van der Waals surface area contributed by atoms with Gasteiger partial charge in [0.15, 0.2) is 11.5 Å². The maximum Gasteiger partial charge on any atom is 0.152 e. The molecule has 1 aliphatic rings. The van der Waals surface area contributed by atoms with Crippen molar-refractivity contribution in [1.29, 1.82) is 0 Å². The predicted molar refractivity (Wildman–Crippen MR) is 239 cm³/mol. The van der Waals surface area contributed by atoms with Crippen LogP contribution in [0.2, 0.25) is 0 Å². The van der Waals surface area contributed by atoms with Gasteiger partial charge in [0.1, 0.15) is 0 Å². The monoisotopic (exact) mass is 726 g/mol. The summed E-state index contributed by atoms with van der Waals surface area (Å²) < 4.78 is 8.74. The molecular formula is C54H34N2O. The second-order valence-corrected chi connectivity index (χ2v) is 15.0. The van der Waals surface area contributed by atoms with Gasteiger partial charge < -0.3 is 14.2 Å². The molecule has 0 fully saturated rings. The molecular weight excluding hydrogens is 693 g/mol. The van der Waals surface area contributed by atoms with E-state index in [0.717, 1.165) is 45.3 Å². The van der Waals surface area contributed by atoms with Crippen LogP contribution >= 0.6 is 0 Å². The van der Waals surface area contributed by atoms with E-state index in [9.17, 15) is 0 Å². The zero-order chi connectivity index (χ0) is 37.5. The first-order valence-electron chi connectivity index (χ1n) is 19.5. The molecule has 11 aromatic rings. The fraction of sp³-hybridized carbons (Fsp3) is 0. The lowest BCUT2D eigenvalue weighted by Gasteiger charge is -2.26. The molecule has 0 amide bonds. The van der Waals surface area contributed by atoms with Gasteiger partial charge in [-0.3, -0.25) is 0 Å². The molecule has 0 spiro atoms. The highest BCUT2D eigenvalue weighted by molar-refractivity contribution is 6.13. The molecule has 0 saturated heterocycles. The number of hydrogen-bond acceptors (Lipinski definition) is 2. The van der Waals surface area contributed by atoms with Crippen molar-refractivity contribution in [1.82, 2.24) is 4.57 Å². The van der Waals surface area contributed by atoms with Gasteiger partial charge in [-0.25, -0.2) is 0 Å². The first-order chi connectivity index (χ1) is 28.2. The number of fused-ring (bicyclic) bond motifs is 9. The van der Waals surface area contributed by atoms with Gasteiger partial charge in [-0.05, 0) is 127 Å². The van der Waals surface area contributed by atoms with E-state index in [1.807, 2.05) is 12.1 Å². The molecule has 1 aromatic heterocycles. The summed E-state index contributed by atoms with van der Waals surface area (Å²) in [5.74, 6) is 1.76. The van der Waals surface area contributed by atoms with Crippen molar-refractivity contribution in [2.45, 2.75) is 0 Å². The van der Waals surface area contributed by atoms with Crippen LogP contribution in [-0.4, -0.2) is 4.57 Å². The molecule has 3 heteroatoms. The maximum atomic E-state index is 6.38. The van der Waals surface area contributed by atoms with Crippen molar-refractivity contribution in [3.05, 3.63) is 206 Å². The highest BCUT2D eigenvalue weighted by Crippen LogP contribution is 2.46. The van der Waals surface area contributed by atoms with Crippen molar-refractivity contribution in [2.75, 3.05) is 4.90 Å². The minimum absolute atomic E-state index is 0.875. The summed E-state index contributed by atoms with van der Waals surface area (Å²) in [6.45, 7) is 0. The number of anilines is 3. The average Bonchev–Trinajstić information content (AvgIpc) is 3.61. The molecule has 0 aliphatic carbocycles. The van der Waals surface area contributed by atoms with E-state index >= 15 is 0 Å². The molecule has 0 atom stereocenters. The van der Waals surface area contributed by atoms with E-state index in [-0.39, 0.29) is 0 Å². The molecule has 0 bridgehead atoms. The highest BCUT2D eigenvalue weighted by Gasteiger charge is 2.24. The van der Waals surface area contributed by atoms with Crippen molar-refractivity contribution in [3.63, 3.8) is 0 Å². The van der Waals surface area contributed by atoms with Crippen molar-refractivity contribution < 1.29 is 4.74 Å². The molecule has 0 N–H and O–H groups in total. The van der Waals surface area contributed by atoms with Crippen LogP contribution in [-0.2, 0) is 0 Å². The van der Waals surface area contributed by atoms with Crippen molar-refractivity contribution in [3.8, 4) is 39.4 Å². The number of aromatic nitrogens is 1. The topological polar surface area (TPSA) is 17.4 Å². The lowest BCUT2D eigenvalue weighted by Crippen LogP contribution is -2.10. The minimum atomic E-state index is 0.875. The summed E-state index contributed by atoms with van der Waals surface area (Å²) in [6, 6.07) is 74.7. The standard InChI is InChI=1S/C54H34N2O/c1-2-11-38-32-45(28-23-35(38)9-1)55(43-26-21-36(22-27-43)40-24-29-47-42(31-40)20-19-37-10-3-4-14-46(37)47)44-13-7-12-39(33-44)41-25-30-50-49(34-41)48-15-8-18-53-54(48)56(50)51-16-5-6-17-52(51)57-53/h1-34H. The summed E-state index contributed by atoms with van der Waals surface area (Å²) in [6.07, 6.45) is 0. The third kappa shape index (κ3) is 5.06. The van der Waals surface area contributed by atoms with Crippen LogP contribution in [0.1, 0.15) is 0 Å². The molecule has 12 rings (SSSR count). The number of benzene rings is 10. The first kappa shape index (κ1) is 31.7. The molecule has 0 unspecified atom stereocenters. The molecule has 1 aliphatic heterocycles.